The van der Waals surface area contributed by atoms with Crippen LogP contribution in [0.2, 0.25) is 5.02 Å². The average molecular weight is 291 g/mol. The number of rotatable bonds is 5. The van der Waals surface area contributed by atoms with Gasteiger partial charge >= 0.3 is 0 Å². The highest BCUT2D eigenvalue weighted by molar-refractivity contribution is 6.30. The van der Waals surface area contributed by atoms with Crippen molar-refractivity contribution in [2.45, 2.75) is 12.5 Å². The Morgan fingerprint density at radius 1 is 1.20 bits per heavy atom. The maximum atomic E-state index is 9.28. The molecule has 2 rings (SSSR count). The number of nitrogens with two attached hydrogens (primary N) is 1. The zero-order valence-electron chi connectivity index (χ0n) is 11.5. The number of nitrogens with zero attached hydrogens (tertiary/aromatic N) is 1. The van der Waals surface area contributed by atoms with E-state index in [1.165, 1.54) is 0 Å². The van der Waals surface area contributed by atoms with E-state index in [1.54, 1.807) is 12.1 Å². The third-order valence-electron chi connectivity index (χ3n) is 3.34. The summed E-state index contributed by atoms with van der Waals surface area (Å²) in [6, 6.07) is 14.8. The molecule has 3 nitrogen and oxygen atoms in total. The molecule has 3 N–H and O–H groups in total. The van der Waals surface area contributed by atoms with Gasteiger partial charge in [-0.2, -0.15) is 0 Å². The van der Waals surface area contributed by atoms with Gasteiger partial charge in [0, 0.05) is 30.3 Å². The standard InChI is InChI=1S/C16H19ClN2O/c1-19(14-5-7-15(20)8-6-14)10-9-16(18)12-3-2-4-13(17)11-12/h2-8,11,16,20H,9-10,18H2,1H3. The molecule has 4 heteroatoms. The monoisotopic (exact) mass is 290 g/mol. The lowest BCUT2D eigenvalue weighted by atomic mass is 10.0. The van der Waals surface area contributed by atoms with Gasteiger partial charge in [0.1, 0.15) is 5.75 Å². The molecular weight excluding hydrogens is 272 g/mol. The molecule has 20 heavy (non-hydrogen) atoms. The summed E-state index contributed by atoms with van der Waals surface area (Å²) in [5, 5.41) is 9.99. The summed E-state index contributed by atoms with van der Waals surface area (Å²) in [5.74, 6) is 0.276. The van der Waals surface area contributed by atoms with Gasteiger partial charge in [-0.05, 0) is 48.4 Å². The lowest BCUT2D eigenvalue weighted by Crippen LogP contribution is -2.23. The van der Waals surface area contributed by atoms with Gasteiger partial charge in [-0.1, -0.05) is 23.7 Å². The highest BCUT2D eigenvalue weighted by atomic mass is 35.5. The first-order chi connectivity index (χ1) is 9.56. The molecule has 0 fully saturated rings. The van der Waals surface area contributed by atoms with E-state index < -0.39 is 0 Å². The molecule has 2 aromatic carbocycles. The number of hydrogen-bond donors (Lipinski definition) is 2. The number of halogens is 1. The van der Waals surface area contributed by atoms with Crippen molar-refractivity contribution in [1.29, 1.82) is 0 Å². The SMILES string of the molecule is CN(CCC(N)c1cccc(Cl)c1)c1ccc(O)cc1. The third-order valence-corrected chi connectivity index (χ3v) is 3.58. The minimum Gasteiger partial charge on any atom is -0.508 e. The quantitative estimate of drug-likeness (QED) is 0.885. The first-order valence-electron chi connectivity index (χ1n) is 6.57. The number of phenols is 1. The molecule has 0 aliphatic carbocycles. The predicted octanol–water partition coefficient (Wildman–Crippen LogP) is 3.57. The molecule has 0 radical (unpaired) electrons. The summed E-state index contributed by atoms with van der Waals surface area (Å²) in [5.41, 5.74) is 8.30. The van der Waals surface area contributed by atoms with Crippen LogP contribution in [-0.4, -0.2) is 18.7 Å². The van der Waals surface area contributed by atoms with E-state index >= 15 is 0 Å². The molecule has 0 spiro atoms. The van der Waals surface area contributed by atoms with E-state index in [0.29, 0.717) is 5.02 Å². The summed E-state index contributed by atoms with van der Waals surface area (Å²) >= 11 is 5.97. The van der Waals surface area contributed by atoms with Crippen molar-refractivity contribution in [3.8, 4) is 5.75 Å². The maximum absolute atomic E-state index is 9.28. The van der Waals surface area contributed by atoms with Crippen molar-refractivity contribution < 1.29 is 5.11 Å². The van der Waals surface area contributed by atoms with E-state index in [2.05, 4.69) is 4.90 Å². The highest BCUT2D eigenvalue weighted by Crippen LogP contribution is 2.21. The second kappa shape index (κ2) is 6.64. The molecule has 0 saturated heterocycles. The van der Waals surface area contributed by atoms with Gasteiger partial charge in [-0.15, -0.1) is 0 Å². The smallest absolute Gasteiger partial charge is 0.115 e. The van der Waals surface area contributed by atoms with Crippen LogP contribution in [0.4, 0.5) is 5.69 Å². The first-order valence-corrected chi connectivity index (χ1v) is 6.95. The summed E-state index contributed by atoms with van der Waals surface area (Å²) < 4.78 is 0. The van der Waals surface area contributed by atoms with Gasteiger partial charge in [0.25, 0.3) is 0 Å². The lowest BCUT2D eigenvalue weighted by molar-refractivity contribution is 0.475. The fourth-order valence-corrected chi connectivity index (χ4v) is 2.27. The minimum absolute atomic E-state index is 0.0340. The van der Waals surface area contributed by atoms with Crippen molar-refractivity contribution in [1.82, 2.24) is 0 Å². The van der Waals surface area contributed by atoms with Crippen LogP contribution in [0.1, 0.15) is 18.0 Å². The van der Waals surface area contributed by atoms with Crippen LogP contribution in [0, 0.1) is 0 Å². The van der Waals surface area contributed by atoms with Gasteiger partial charge in [0.2, 0.25) is 0 Å². The highest BCUT2D eigenvalue weighted by Gasteiger charge is 2.08. The number of anilines is 1. The zero-order valence-corrected chi connectivity index (χ0v) is 12.2. The van der Waals surface area contributed by atoms with Crippen molar-refractivity contribution in [3.05, 3.63) is 59.1 Å². The summed E-state index contributed by atoms with van der Waals surface area (Å²) in [4.78, 5) is 2.11. The molecule has 0 amide bonds. The summed E-state index contributed by atoms with van der Waals surface area (Å²) in [6.07, 6.45) is 0.831. The Bertz CT molecular complexity index is 557. The lowest BCUT2D eigenvalue weighted by Gasteiger charge is -2.21. The predicted molar refractivity (Wildman–Crippen MR) is 84.4 cm³/mol. The van der Waals surface area contributed by atoms with Gasteiger partial charge in [-0.3, -0.25) is 0 Å². The summed E-state index contributed by atoms with van der Waals surface area (Å²) in [6.45, 7) is 0.832. The molecular formula is C16H19ClN2O. The molecule has 2 aromatic rings. The van der Waals surface area contributed by atoms with Crippen molar-refractivity contribution in [2.75, 3.05) is 18.5 Å². The van der Waals surface area contributed by atoms with E-state index in [9.17, 15) is 5.11 Å². The molecule has 0 aliphatic rings. The fraction of sp³-hybridized carbons (Fsp3) is 0.250. The first kappa shape index (κ1) is 14.7. The van der Waals surface area contributed by atoms with Gasteiger partial charge < -0.3 is 15.7 Å². The van der Waals surface area contributed by atoms with E-state index in [1.807, 2.05) is 43.4 Å². The van der Waals surface area contributed by atoms with Gasteiger partial charge in [0.15, 0.2) is 0 Å². The normalized spacial score (nSPS) is 12.2. The van der Waals surface area contributed by atoms with E-state index in [4.69, 9.17) is 17.3 Å². The molecule has 0 saturated carbocycles. The molecule has 0 heterocycles. The van der Waals surface area contributed by atoms with Crippen LogP contribution in [0.25, 0.3) is 0 Å². The van der Waals surface area contributed by atoms with Crippen LogP contribution in [0.3, 0.4) is 0 Å². The Labute approximate surface area is 124 Å². The third kappa shape index (κ3) is 3.89. The largest absolute Gasteiger partial charge is 0.508 e. The molecule has 0 aromatic heterocycles. The Balaban J connectivity index is 1.93. The van der Waals surface area contributed by atoms with E-state index in [0.717, 1.165) is 24.2 Å². The Morgan fingerprint density at radius 3 is 2.55 bits per heavy atom. The van der Waals surface area contributed by atoms with Crippen LogP contribution in [0.5, 0.6) is 5.75 Å². The number of benzene rings is 2. The number of aromatic hydroxyl groups is 1. The second-order valence-corrected chi connectivity index (χ2v) is 5.32. The Hall–Kier alpha value is -1.71. The zero-order chi connectivity index (χ0) is 14.5. The van der Waals surface area contributed by atoms with Crippen LogP contribution in [-0.2, 0) is 0 Å². The second-order valence-electron chi connectivity index (χ2n) is 4.89. The summed E-state index contributed by atoms with van der Waals surface area (Å²) in [7, 11) is 2.01. The van der Waals surface area contributed by atoms with Gasteiger partial charge in [0.05, 0.1) is 0 Å². The fourth-order valence-electron chi connectivity index (χ4n) is 2.07. The van der Waals surface area contributed by atoms with Crippen molar-refractivity contribution in [2.24, 2.45) is 5.73 Å². The molecule has 1 unspecified atom stereocenters. The molecule has 106 valence electrons. The Morgan fingerprint density at radius 2 is 1.90 bits per heavy atom. The average Bonchev–Trinajstić information content (AvgIpc) is 2.45. The number of phenolic OH excluding ortho intramolecular Hbond substituents is 1. The van der Waals surface area contributed by atoms with Crippen LogP contribution < -0.4 is 10.6 Å². The van der Waals surface area contributed by atoms with Crippen molar-refractivity contribution >= 4 is 17.3 Å². The van der Waals surface area contributed by atoms with Crippen LogP contribution >= 0.6 is 11.6 Å². The van der Waals surface area contributed by atoms with Gasteiger partial charge in [-0.25, -0.2) is 0 Å². The number of hydrogen-bond acceptors (Lipinski definition) is 3. The topological polar surface area (TPSA) is 49.5 Å². The molecule has 1 atom stereocenters. The Kier molecular flexibility index (Phi) is 4.88. The van der Waals surface area contributed by atoms with Crippen molar-refractivity contribution in [3.63, 3.8) is 0 Å². The van der Waals surface area contributed by atoms with Crippen LogP contribution in [0.15, 0.2) is 48.5 Å². The maximum Gasteiger partial charge on any atom is 0.115 e. The van der Waals surface area contributed by atoms with E-state index in [-0.39, 0.29) is 11.8 Å². The molecule has 0 aliphatic heterocycles. The minimum atomic E-state index is -0.0340. The molecule has 0 bridgehead atoms.